The Bertz CT molecular complexity index is 399. The first kappa shape index (κ1) is 16.7. The first-order valence-electron chi connectivity index (χ1n) is 7.62. The Balaban J connectivity index is 2.92. The van der Waals surface area contributed by atoms with Crippen molar-refractivity contribution in [3.05, 3.63) is 35.9 Å². The second-order valence-electron chi connectivity index (χ2n) is 5.74. The summed E-state index contributed by atoms with van der Waals surface area (Å²) in [5, 5.41) is 0. The van der Waals surface area contributed by atoms with Gasteiger partial charge in [0.15, 0.2) is 0 Å². The van der Waals surface area contributed by atoms with Crippen LogP contribution >= 0.6 is 0 Å². The van der Waals surface area contributed by atoms with Crippen molar-refractivity contribution in [1.29, 1.82) is 0 Å². The van der Waals surface area contributed by atoms with Gasteiger partial charge in [-0.1, -0.05) is 58.0 Å². The molecule has 20 heavy (non-hydrogen) atoms. The second-order valence-corrected chi connectivity index (χ2v) is 5.74. The molecule has 1 atom stereocenters. The number of hydrogen-bond donors (Lipinski definition) is 1. The maximum Gasteiger partial charge on any atom is 0.244 e. The number of rotatable bonds is 7. The first-order chi connectivity index (χ1) is 9.51. The van der Waals surface area contributed by atoms with Crippen LogP contribution in [-0.4, -0.2) is 23.4 Å². The molecule has 1 amide bonds. The minimum Gasteiger partial charge on any atom is -0.338 e. The van der Waals surface area contributed by atoms with E-state index in [1.807, 2.05) is 35.2 Å². The first-order valence-corrected chi connectivity index (χ1v) is 7.62. The molecule has 0 spiro atoms. The molecule has 0 heterocycles. The van der Waals surface area contributed by atoms with Crippen molar-refractivity contribution in [3.63, 3.8) is 0 Å². The number of nitrogens with two attached hydrogens (primary N) is 1. The quantitative estimate of drug-likeness (QED) is 0.830. The number of nitrogens with zero attached hydrogens (tertiary/aromatic N) is 1. The number of amides is 1. The smallest absolute Gasteiger partial charge is 0.244 e. The number of benzene rings is 1. The molecule has 1 aromatic rings. The maximum atomic E-state index is 12.7. The molecule has 2 N–H and O–H groups in total. The van der Waals surface area contributed by atoms with Gasteiger partial charge < -0.3 is 10.6 Å². The molecule has 0 radical (unpaired) electrons. The van der Waals surface area contributed by atoms with Gasteiger partial charge in [0.2, 0.25) is 5.91 Å². The molecule has 112 valence electrons. The second kappa shape index (κ2) is 8.05. The normalized spacial score (nSPS) is 12.8. The highest BCUT2D eigenvalue weighted by Gasteiger charge is 2.27. The minimum atomic E-state index is -0.560. The molecule has 0 aliphatic rings. The van der Waals surface area contributed by atoms with Crippen molar-refractivity contribution < 1.29 is 4.79 Å². The van der Waals surface area contributed by atoms with Gasteiger partial charge in [0.25, 0.3) is 0 Å². The lowest BCUT2D eigenvalue weighted by Gasteiger charge is -2.34. The SMILES string of the molecule is CCC(CC)N(CC(C)C)C(=O)C(N)c1ccccc1. The average Bonchev–Trinajstić information content (AvgIpc) is 2.46. The molecule has 1 aromatic carbocycles. The Morgan fingerprint density at radius 2 is 1.70 bits per heavy atom. The van der Waals surface area contributed by atoms with Crippen molar-refractivity contribution in [2.45, 2.75) is 52.6 Å². The lowest BCUT2D eigenvalue weighted by atomic mass is 10.0. The highest BCUT2D eigenvalue weighted by atomic mass is 16.2. The van der Waals surface area contributed by atoms with Gasteiger partial charge in [-0.3, -0.25) is 4.79 Å². The van der Waals surface area contributed by atoms with E-state index in [0.717, 1.165) is 24.9 Å². The van der Waals surface area contributed by atoms with Gasteiger partial charge in [0.1, 0.15) is 6.04 Å². The van der Waals surface area contributed by atoms with Crippen LogP contribution in [0.15, 0.2) is 30.3 Å². The average molecular weight is 276 g/mol. The fraction of sp³-hybridized carbons (Fsp3) is 0.588. The summed E-state index contributed by atoms with van der Waals surface area (Å²) in [6.07, 6.45) is 1.94. The molecule has 1 rings (SSSR count). The lowest BCUT2D eigenvalue weighted by Crippen LogP contribution is -2.46. The molecule has 0 bridgehead atoms. The van der Waals surface area contributed by atoms with Crippen LogP contribution in [0.3, 0.4) is 0 Å². The lowest BCUT2D eigenvalue weighted by molar-refractivity contribution is -0.136. The summed E-state index contributed by atoms with van der Waals surface area (Å²) in [4.78, 5) is 14.7. The zero-order chi connectivity index (χ0) is 15.1. The van der Waals surface area contributed by atoms with Gasteiger partial charge in [-0.25, -0.2) is 0 Å². The Kier molecular flexibility index (Phi) is 6.73. The molecular formula is C17H28N2O. The van der Waals surface area contributed by atoms with Crippen molar-refractivity contribution in [2.24, 2.45) is 11.7 Å². The van der Waals surface area contributed by atoms with E-state index in [1.54, 1.807) is 0 Å². The van der Waals surface area contributed by atoms with E-state index in [9.17, 15) is 4.79 Å². The monoisotopic (exact) mass is 276 g/mol. The summed E-state index contributed by atoms with van der Waals surface area (Å²) in [5.74, 6) is 0.487. The van der Waals surface area contributed by atoms with Gasteiger partial charge in [-0.2, -0.15) is 0 Å². The number of carbonyl (C=O) groups is 1. The Morgan fingerprint density at radius 1 is 1.15 bits per heavy atom. The summed E-state index contributed by atoms with van der Waals surface area (Å²) < 4.78 is 0. The summed E-state index contributed by atoms with van der Waals surface area (Å²) in [7, 11) is 0. The zero-order valence-corrected chi connectivity index (χ0v) is 13.2. The molecule has 0 aliphatic carbocycles. The number of hydrogen-bond acceptors (Lipinski definition) is 2. The van der Waals surface area contributed by atoms with Crippen LogP contribution in [-0.2, 0) is 4.79 Å². The number of carbonyl (C=O) groups excluding carboxylic acids is 1. The third-order valence-corrected chi connectivity index (χ3v) is 3.65. The van der Waals surface area contributed by atoms with E-state index in [1.165, 1.54) is 0 Å². The Morgan fingerprint density at radius 3 is 2.15 bits per heavy atom. The molecule has 0 aromatic heterocycles. The molecule has 0 saturated carbocycles. The van der Waals surface area contributed by atoms with Gasteiger partial charge in [0.05, 0.1) is 0 Å². The van der Waals surface area contributed by atoms with E-state index in [2.05, 4.69) is 27.7 Å². The Hall–Kier alpha value is -1.35. The largest absolute Gasteiger partial charge is 0.338 e. The van der Waals surface area contributed by atoms with E-state index < -0.39 is 6.04 Å². The van der Waals surface area contributed by atoms with Crippen LogP contribution in [0.4, 0.5) is 0 Å². The molecule has 0 aliphatic heterocycles. The Labute approximate surface area is 123 Å². The molecule has 0 fully saturated rings. The van der Waals surface area contributed by atoms with E-state index in [0.29, 0.717) is 5.92 Å². The topological polar surface area (TPSA) is 46.3 Å². The van der Waals surface area contributed by atoms with Gasteiger partial charge in [-0.05, 0) is 24.3 Å². The van der Waals surface area contributed by atoms with Crippen LogP contribution in [0.5, 0.6) is 0 Å². The molecule has 0 saturated heterocycles. The van der Waals surface area contributed by atoms with Gasteiger partial charge in [0, 0.05) is 12.6 Å². The van der Waals surface area contributed by atoms with Crippen molar-refractivity contribution in [1.82, 2.24) is 4.90 Å². The third-order valence-electron chi connectivity index (χ3n) is 3.65. The van der Waals surface area contributed by atoms with Crippen LogP contribution in [0, 0.1) is 5.92 Å². The van der Waals surface area contributed by atoms with E-state index in [-0.39, 0.29) is 11.9 Å². The molecule has 1 unspecified atom stereocenters. The maximum absolute atomic E-state index is 12.7. The van der Waals surface area contributed by atoms with Crippen molar-refractivity contribution in [3.8, 4) is 0 Å². The van der Waals surface area contributed by atoms with Gasteiger partial charge in [-0.15, -0.1) is 0 Å². The van der Waals surface area contributed by atoms with Crippen LogP contribution in [0.1, 0.15) is 52.1 Å². The summed E-state index contributed by atoms with van der Waals surface area (Å²) in [6.45, 7) is 9.30. The minimum absolute atomic E-state index is 0.0404. The highest BCUT2D eigenvalue weighted by Crippen LogP contribution is 2.19. The summed E-state index contributed by atoms with van der Waals surface area (Å²) >= 11 is 0. The van der Waals surface area contributed by atoms with Crippen molar-refractivity contribution in [2.75, 3.05) is 6.54 Å². The predicted molar refractivity (Wildman–Crippen MR) is 84.3 cm³/mol. The highest BCUT2D eigenvalue weighted by molar-refractivity contribution is 5.83. The van der Waals surface area contributed by atoms with Crippen LogP contribution in [0.2, 0.25) is 0 Å². The fourth-order valence-corrected chi connectivity index (χ4v) is 2.52. The zero-order valence-electron chi connectivity index (χ0n) is 13.2. The molecule has 3 nitrogen and oxygen atoms in total. The van der Waals surface area contributed by atoms with Crippen LogP contribution in [0.25, 0.3) is 0 Å². The summed E-state index contributed by atoms with van der Waals surface area (Å²) in [5.41, 5.74) is 7.06. The van der Waals surface area contributed by atoms with E-state index >= 15 is 0 Å². The predicted octanol–water partition coefficient (Wildman–Crippen LogP) is 3.36. The van der Waals surface area contributed by atoms with Crippen molar-refractivity contribution >= 4 is 5.91 Å². The van der Waals surface area contributed by atoms with Crippen LogP contribution < -0.4 is 5.73 Å². The van der Waals surface area contributed by atoms with E-state index in [4.69, 9.17) is 5.73 Å². The van der Waals surface area contributed by atoms with Gasteiger partial charge >= 0.3 is 0 Å². The standard InChI is InChI=1S/C17H28N2O/c1-5-15(6-2)19(12-13(3)4)17(20)16(18)14-10-8-7-9-11-14/h7-11,13,15-16H,5-6,12,18H2,1-4H3. The summed E-state index contributed by atoms with van der Waals surface area (Å²) in [6, 6.07) is 9.34. The molecule has 3 heteroatoms. The molecular weight excluding hydrogens is 248 g/mol. The fourth-order valence-electron chi connectivity index (χ4n) is 2.52. The third kappa shape index (κ3) is 4.34.